The van der Waals surface area contributed by atoms with Crippen LogP contribution in [0.2, 0.25) is 0 Å². The van der Waals surface area contributed by atoms with Crippen LogP contribution in [0.4, 0.5) is 0 Å². The van der Waals surface area contributed by atoms with Crippen LogP contribution >= 0.6 is 0 Å². The molecule has 0 saturated heterocycles. The second-order valence-electron chi connectivity index (χ2n) is 7.59. The Kier molecular flexibility index (Phi) is 2.70. The minimum absolute atomic E-state index is 0.0114. The number of rotatable bonds is 3. The fraction of sp³-hybridized carbons (Fsp3) is 0.867. The quantitative estimate of drug-likeness (QED) is 0.822. The molecule has 4 fully saturated rings. The Balaban J connectivity index is 1.80. The van der Waals surface area contributed by atoms with E-state index in [-0.39, 0.29) is 11.3 Å². The fourth-order valence-corrected chi connectivity index (χ4v) is 5.40. The van der Waals surface area contributed by atoms with E-state index in [1.165, 1.54) is 19.3 Å². The third-order valence-corrected chi connectivity index (χ3v) is 5.55. The zero-order chi connectivity index (χ0) is 13.8. The molecular formula is C15H23NO3. The van der Waals surface area contributed by atoms with Gasteiger partial charge in [-0.05, 0) is 62.7 Å². The first-order valence-corrected chi connectivity index (χ1v) is 7.36. The number of hydrogen-bond donors (Lipinski definition) is 2. The van der Waals surface area contributed by atoms with Crippen LogP contribution in [0.3, 0.4) is 0 Å². The van der Waals surface area contributed by atoms with E-state index in [0.29, 0.717) is 17.3 Å². The van der Waals surface area contributed by atoms with E-state index >= 15 is 0 Å². The molecule has 0 aromatic carbocycles. The molecule has 4 nitrogen and oxygen atoms in total. The van der Waals surface area contributed by atoms with Crippen molar-refractivity contribution in [1.29, 1.82) is 0 Å². The van der Waals surface area contributed by atoms with Gasteiger partial charge in [0.2, 0.25) is 5.91 Å². The van der Waals surface area contributed by atoms with Crippen LogP contribution in [-0.4, -0.2) is 23.0 Å². The molecular weight excluding hydrogens is 242 g/mol. The van der Waals surface area contributed by atoms with Crippen LogP contribution in [-0.2, 0) is 9.59 Å². The minimum atomic E-state index is -0.954. The highest BCUT2D eigenvalue weighted by Crippen LogP contribution is 2.65. The van der Waals surface area contributed by atoms with Gasteiger partial charge in [-0.2, -0.15) is 0 Å². The lowest BCUT2D eigenvalue weighted by Crippen LogP contribution is -2.58. The second kappa shape index (κ2) is 3.97. The summed E-state index contributed by atoms with van der Waals surface area (Å²) < 4.78 is 0. The van der Waals surface area contributed by atoms with E-state index in [4.69, 9.17) is 5.11 Å². The van der Waals surface area contributed by atoms with Gasteiger partial charge in [0.1, 0.15) is 6.04 Å². The summed E-state index contributed by atoms with van der Waals surface area (Å²) >= 11 is 0. The molecule has 1 amide bonds. The van der Waals surface area contributed by atoms with Crippen molar-refractivity contribution in [3.8, 4) is 0 Å². The van der Waals surface area contributed by atoms with Gasteiger partial charge in [-0.1, -0.05) is 6.92 Å². The number of aliphatic carboxylic acids is 1. The van der Waals surface area contributed by atoms with Crippen LogP contribution in [0, 0.1) is 22.7 Å². The number of carboxylic acid groups (broad SMARTS) is 1. The SMILES string of the molecule is C[C@@H](NC(=O)C12CC3CC(CC(C)(C3)C1)C2)C(=O)O. The minimum Gasteiger partial charge on any atom is -0.480 e. The molecule has 0 aromatic heterocycles. The lowest BCUT2D eigenvalue weighted by Gasteiger charge is -2.60. The lowest BCUT2D eigenvalue weighted by atomic mass is 9.44. The van der Waals surface area contributed by atoms with Gasteiger partial charge < -0.3 is 10.4 Å². The molecule has 4 saturated carbocycles. The highest BCUT2D eigenvalue weighted by molar-refractivity contribution is 5.87. The summed E-state index contributed by atoms with van der Waals surface area (Å²) in [6.07, 6.45) is 6.68. The third-order valence-electron chi connectivity index (χ3n) is 5.55. The lowest BCUT2D eigenvalue weighted by molar-refractivity contribution is -0.158. The molecule has 0 spiro atoms. The molecule has 3 atom stereocenters. The molecule has 0 aliphatic heterocycles. The maximum absolute atomic E-state index is 12.6. The molecule has 2 N–H and O–H groups in total. The van der Waals surface area contributed by atoms with Gasteiger partial charge in [0.15, 0.2) is 0 Å². The van der Waals surface area contributed by atoms with Gasteiger partial charge >= 0.3 is 5.97 Å². The summed E-state index contributed by atoms with van der Waals surface area (Å²) in [6, 6.07) is -0.784. The van der Waals surface area contributed by atoms with E-state index in [9.17, 15) is 9.59 Å². The monoisotopic (exact) mass is 265 g/mol. The van der Waals surface area contributed by atoms with Crippen molar-refractivity contribution in [2.75, 3.05) is 0 Å². The van der Waals surface area contributed by atoms with Gasteiger partial charge in [-0.25, -0.2) is 0 Å². The summed E-state index contributed by atoms with van der Waals surface area (Å²) in [7, 11) is 0. The zero-order valence-electron chi connectivity index (χ0n) is 11.7. The Hall–Kier alpha value is -1.06. The smallest absolute Gasteiger partial charge is 0.325 e. The summed E-state index contributed by atoms with van der Waals surface area (Å²) in [5.74, 6) is 0.390. The molecule has 0 aromatic rings. The van der Waals surface area contributed by atoms with Crippen molar-refractivity contribution >= 4 is 11.9 Å². The molecule has 2 unspecified atom stereocenters. The summed E-state index contributed by atoms with van der Waals surface area (Å²) in [5, 5.41) is 11.7. The van der Waals surface area contributed by atoms with Crippen molar-refractivity contribution < 1.29 is 14.7 Å². The predicted molar refractivity (Wildman–Crippen MR) is 70.5 cm³/mol. The summed E-state index contributed by atoms with van der Waals surface area (Å²) in [6.45, 7) is 3.86. The highest BCUT2D eigenvalue weighted by atomic mass is 16.4. The van der Waals surface area contributed by atoms with E-state index < -0.39 is 12.0 Å². The van der Waals surface area contributed by atoms with E-state index in [1.807, 2.05) is 0 Å². The Morgan fingerprint density at radius 1 is 1.21 bits per heavy atom. The van der Waals surface area contributed by atoms with Gasteiger partial charge in [0.05, 0.1) is 5.41 Å². The maximum atomic E-state index is 12.6. The molecule has 4 aliphatic rings. The largest absolute Gasteiger partial charge is 0.480 e. The summed E-state index contributed by atoms with van der Waals surface area (Å²) in [5.41, 5.74) is 0.0381. The first-order chi connectivity index (χ1) is 8.82. The normalized spacial score (nSPS) is 44.9. The van der Waals surface area contributed by atoms with Crippen molar-refractivity contribution in [3.63, 3.8) is 0 Å². The Labute approximate surface area is 113 Å². The van der Waals surface area contributed by atoms with Crippen molar-refractivity contribution in [2.45, 2.75) is 58.4 Å². The molecule has 4 rings (SSSR count). The number of nitrogens with one attached hydrogen (secondary N) is 1. The first-order valence-electron chi connectivity index (χ1n) is 7.36. The average Bonchev–Trinajstić information content (AvgIpc) is 2.24. The van der Waals surface area contributed by atoms with Crippen molar-refractivity contribution in [1.82, 2.24) is 5.32 Å². The van der Waals surface area contributed by atoms with Crippen LogP contribution < -0.4 is 5.32 Å². The first kappa shape index (κ1) is 12.9. The Bertz CT molecular complexity index is 417. The van der Waals surface area contributed by atoms with Gasteiger partial charge in [-0.3, -0.25) is 9.59 Å². The number of amides is 1. The van der Waals surface area contributed by atoms with E-state index in [1.54, 1.807) is 6.92 Å². The molecule has 4 heteroatoms. The standard InChI is InChI=1S/C15H23NO3/c1-9(12(17)18)16-13(19)15-6-10-3-11(7-15)5-14(2,4-10)8-15/h9-11H,3-8H2,1-2H3,(H,16,19)(H,17,18)/t9-,10?,11?,14?,15?/m1/s1. The number of carboxylic acids is 1. The Morgan fingerprint density at radius 3 is 2.26 bits per heavy atom. The topological polar surface area (TPSA) is 66.4 Å². The van der Waals surface area contributed by atoms with Crippen molar-refractivity contribution in [3.05, 3.63) is 0 Å². The van der Waals surface area contributed by atoms with Gasteiger partial charge in [-0.15, -0.1) is 0 Å². The van der Waals surface area contributed by atoms with E-state index in [2.05, 4.69) is 12.2 Å². The number of hydrogen-bond acceptors (Lipinski definition) is 2. The molecule has 4 aliphatic carbocycles. The van der Waals surface area contributed by atoms with Crippen LogP contribution in [0.1, 0.15) is 52.4 Å². The molecule has 106 valence electrons. The molecule has 0 radical (unpaired) electrons. The van der Waals surface area contributed by atoms with E-state index in [0.717, 1.165) is 19.3 Å². The molecule has 4 bridgehead atoms. The number of carbonyl (C=O) groups is 2. The predicted octanol–water partition coefficient (Wildman–Crippen LogP) is 2.18. The van der Waals surface area contributed by atoms with Crippen LogP contribution in [0.15, 0.2) is 0 Å². The van der Waals surface area contributed by atoms with Gasteiger partial charge in [0.25, 0.3) is 0 Å². The zero-order valence-corrected chi connectivity index (χ0v) is 11.7. The van der Waals surface area contributed by atoms with Crippen LogP contribution in [0.5, 0.6) is 0 Å². The molecule has 19 heavy (non-hydrogen) atoms. The fourth-order valence-electron chi connectivity index (χ4n) is 5.40. The van der Waals surface area contributed by atoms with Gasteiger partial charge in [0, 0.05) is 0 Å². The molecule has 0 heterocycles. The second-order valence-corrected chi connectivity index (χ2v) is 7.59. The summed E-state index contributed by atoms with van der Waals surface area (Å²) in [4.78, 5) is 23.5. The number of carbonyl (C=O) groups excluding carboxylic acids is 1. The average molecular weight is 265 g/mol. The van der Waals surface area contributed by atoms with Crippen LogP contribution in [0.25, 0.3) is 0 Å². The maximum Gasteiger partial charge on any atom is 0.325 e. The Morgan fingerprint density at radius 2 is 1.79 bits per heavy atom. The third kappa shape index (κ3) is 2.05. The van der Waals surface area contributed by atoms with Crippen molar-refractivity contribution in [2.24, 2.45) is 22.7 Å². The highest BCUT2D eigenvalue weighted by Gasteiger charge is 2.58.